The van der Waals surface area contributed by atoms with Crippen molar-refractivity contribution in [3.05, 3.63) is 0 Å². The Morgan fingerprint density at radius 2 is 1.64 bits per heavy atom. The van der Waals surface area contributed by atoms with Gasteiger partial charge in [0, 0.05) is 46.2 Å². The minimum absolute atomic E-state index is 0. The molecule has 0 unspecified atom stereocenters. The van der Waals surface area contributed by atoms with Crippen LogP contribution in [0.15, 0.2) is 4.99 Å². The standard InChI is InChI=1S/C20H37N3O3S.HI/c1-21-18(22-16-20(27(2,24)25)11-14-26-15-12-20)23-13-7-10-19(17-23)8-5-3-4-6-9-19;/h3-17H2,1-2H3,(H,21,22);1H. The van der Waals surface area contributed by atoms with Gasteiger partial charge in [-0.1, -0.05) is 25.7 Å². The molecule has 0 radical (unpaired) electrons. The van der Waals surface area contributed by atoms with Crippen molar-refractivity contribution in [3.63, 3.8) is 0 Å². The summed E-state index contributed by atoms with van der Waals surface area (Å²) in [7, 11) is -1.36. The highest BCUT2D eigenvalue weighted by Gasteiger charge is 2.43. The van der Waals surface area contributed by atoms with Crippen molar-refractivity contribution in [3.8, 4) is 0 Å². The lowest BCUT2D eigenvalue weighted by Gasteiger charge is -2.44. The van der Waals surface area contributed by atoms with Gasteiger partial charge in [-0.15, -0.1) is 24.0 Å². The van der Waals surface area contributed by atoms with E-state index >= 15 is 0 Å². The van der Waals surface area contributed by atoms with E-state index in [-0.39, 0.29) is 24.0 Å². The van der Waals surface area contributed by atoms with E-state index in [1.54, 1.807) is 0 Å². The highest BCUT2D eigenvalue weighted by atomic mass is 127. The average molecular weight is 528 g/mol. The molecular weight excluding hydrogens is 489 g/mol. The number of halogens is 1. The van der Waals surface area contributed by atoms with Crippen LogP contribution in [0.4, 0.5) is 0 Å². The predicted octanol–water partition coefficient (Wildman–Crippen LogP) is 3.21. The fourth-order valence-electron chi connectivity index (χ4n) is 5.27. The zero-order chi connectivity index (χ0) is 19.4. The van der Waals surface area contributed by atoms with Gasteiger partial charge in [0.25, 0.3) is 0 Å². The molecule has 0 bridgehead atoms. The van der Waals surface area contributed by atoms with Crippen LogP contribution in [0.25, 0.3) is 0 Å². The SMILES string of the molecule is CN=C(NCC1(S(C)(=O)=O)CCOCC1)N1CCCC2(CCCCCC2)C1.I. The Hall–Kier alpha value is -0.0900. The molecule has 3 aliphatic rings. The first-order chi connectivity index (χ1) is 12.9. The van der Waals surface area contributed by atoms with Gasteiger partial charge in [0.05, 0.1) is 4.75 Å². The fourth-order valence-corrected chi connectivity index (χ4v) is 6.51. The number of sulfone groups is 1. The second-order valence-electron chi connectivity index (χ2n) is 8.91. The Morgan fingerprint density at radius 3 is 2.21 bits per heavy atom. The smallest absolute Gasteiger partial charge is 0.193 e. The monoisotopic (exact) mass is 527 g/mol. The Labute approximate surface area is 188 Å². The van der Waals surface area contributed by atoms with Crippen LogP contribution in [-0.2, 0) is 14.6 Å². The zero-order valence-corrected chi connectivity index (χ0v) is 20.7. The summed E-state index contributed by atoms with van der Waals surface area (Å²) in [6.07, 6.45) is 13.1. The number of guanidine groups is 1. The van der Waals surface area contributed by atoms with Crippen LogP contribution in [0.2, 0.25) is 0 Å². The lowest BCUT2D eigenvalue weighted by atomic mass is 9.74. The second-order valence-corrected chi connectivity index (χ2v) is 11.3. The van der Waals surface area contributed by atoms with Gasteiger partial charge in [-0.3, -0.25) is 4.99 Å². The summed E-state index contributed by atoms with van der Waals surface area (Å²) >= 11 is 0. The molecule has 164 valence electrons. The molecule has 0 aromatic rings. The molecule has 3 fully saturated rings. The van der Waals surface area contributed by atoms with E-state index in [1.165, 1.54) is 57.6 Å². The van der Waals surface area contributed by atoms with Gasteiger partial charge in [-0.2, -0.15) is 0 Å². The topological polar surface area (TPSA) is 71.0 Å². The molecule has 2 heterocycles. The van der Waals surface area contributed by atoms with Gasteiger partial charge in [-0.05, 0) is 43.9 Å². The molecule has 1 N–H and O–H groups in total. The average Bonchev–Trinajstić information content (AvgIpc) is 2.88. The van der Waals surface area contributed by atoms with Crippen molar-refractivity contribution in [2.45, 2.75) is 69.0 Å². The molecule has 6 nitrogen and oxygen atoms in total. The zero-order valence-electron chi connectivity index (χ0n) is 17.5. The summed E-state index contributed by atoms with van der Waals surface area (Å²) in [5.74, 6) is 0.868. The van der Waals surface area contributed by atoms with E-state index in [1.807, 2.05) is 7.05 Å². The first-order valence-electron chi connectivity index (χ1n) is 10.6. The highest BCUT2D eigenvalue weighted by molar-refractivity contribution is 14.0. The first kappa shape index (κ1) is 24.2. The number of nitrogens with zero attached hydrogens (tertiary/aromatic N) is 2. The maximum Gasteiger partial charge on any atom is 0.193 e. The molecule has 28 heavy (non-hydrogen) atoms. The molecule has 1 aliphatic carbocycles. The predicted molar refractivity (Wildman–Crippen MR) is 125 cm³/mol. The Balaban J connectivity index is 0.00000280. The third-order valence-electron chi connectivity index (χ3n) is 7.10. The van der Waals surface area contributed by atoms with E-state index in [0.717, 1.165) is 19.0 Å². The molecule has 0 amide bonds. The summed E-state index contributed by atoms with van der Waals surface area (Å²) < 4.78 is 29.7. The summed E-state index contributed by atoms with van der Waals surface area (Å²) in [5.41, 5.74) is 0.430. The first-order valence-corrected chi connectivity index (χ1v) is 12.5. The van der Waals surface area contributed by atoms with E-state index in [4.69, 9.17) is 4.74 Å². The molecule has 3 rings (SSSR count). The molecule has 0 atom stereocenters. The maximum atomic E-state index is 12.5. The number of rotatable bonds is 3. The van der Waals surface area contributed by atoms with Gasteiger partial charge < -0.3 is 15.0 Å². The van der Waals surface area contributed by atoms with E-state index < -0.39 is 14.6 Å². The third-order valence-corrected chi connectivity index (χ3v) is 9.22. The number of hydrogen-bond donors (Lipinski definition) is 1. The number of hydrogen-bond acceptors (Lipinski definition) is 4. The van der Waals surface area contributed by atoms with Crippen molar-refractivity contribution in [1.29, 1.82) is 0 Å². The highest BCUT2D eigenvalue weighted by Crippen LogP contribution is 2.42. The van der Waals surface area contributed by atoms with Crippen molar-refractivity contribution in [2.75, 3.05) is 46.2 Å². The van der Waals surface area contributed by atoms with Crippen LogP contribution in [0.1, 0.15) is 64.2 Å². The van der Waals surface area contributed by atoms with Gasteiger partial charge in [0.2, 0.25) is 0 Å². The van der Waals surface area contributed by atoms with Gasteiger partial charge in [0.1, 0.15) is 0 Å². The van der Waals surface area contributed by atoms with Crippen LogP contribution in [0.5, 0.6) is 0 Å². The summed E-state index contributed by atoms with van der Waals surface area (Å²) in [5, 5.41) is 3.44. The Bertz CT molecular complexity index is 625. The van der Waals surface area contributed by atoms with Gasteiger partial charge >= 0.3 is 0 Å². The molecular formula is C20H38IN3O3S. The van der Waals surface area contributed by atoms with Crippen LogP contribution in [-0.4, -0.2) is 70.2 Å². The lowest BCUT2D eigenvalue weighted by molar-refractivity contribution is 0.0749. The van der Waals surface area contributed by atoms with Crippen molar-refractivity contribution < 1.29 is 13.2 Å². The normalized spacial score (nSPS) is 25.6. The summed E-state index contributed by atoms with van der Waals surface area (Å²) in [6, 6.07) is 0. The van der Waals surface area contributed by atoms with Crippen molar-refractivity contribution in [1.82, 2.24) is 10.2 Å². The molecule has 1 spiro atoms. The number of nitrogens with one attached hydrogen (secondary N) is 1. The fraction of sp³-hybridized carbons (Fsp3) is 0.950. The summed E-state index contributed by atoms with van der Waals surface area (Å²) in [4.78, 5) is 6.90. The number of ether oxygens (including phenoxy) is 1. The van der Waals surface area contributed by atoms with Crippen molar-refractivity contribution >= 4 is 39.8 Å². The van der Waals surface area contributed by atoms with Gasteiger partial charge in [0.15, 0.2) is 15.8 Å². The minimum atomic E-state index is -3.17. The van der Waals surface area contributed by atoms with E-state index in [2.05, 4.69) is 15.2 Å². The van der Waals surface area contributed by atoms with Gasteiger partial charge in [-0.25, -0.2) is 8.42 Å². The van der Waals surface area contributed by atoms with E-state index in [0.29, 0.717) is 38.0 Å². The summed E-state index contributed by atoms with van der Waals surface area (Å²) in [6.45, 7) is 3.52. The van der Waals surface area contributed by atoms with Crippen LogP contribution >= 0.6 is 24.0 Å². The largest absolute Gasteiger partial charge is 0.381 e. The Morgan fingerprint density at radius 1 is 1.04 bits per heavy atom. The minimum Gasteiger partial charge on any atom is -0.381 e. The maximum absolute atomic E-state index is 12.5. The van der Waals surface area contributed by atoms with Crippen LogP contribution in [0, 0.1) is 5.41 Å². The lowest BCUT2D eigenvalue weighted by Crippen LogP contribution is -2.56. The number of piperidine rings is 1. The molecule has 1 saturated carbocycles. The molecule has 0 aromatic heterocycles. The molecule has 2 aliphatic heterocycles. The van der Waals surface area contributed by atoms with Crippen LogP contribution < -0.4 is 5.32 Å². The van der Waals surface area contributed by atoms with E-state index in [9.17, 15) is 8.42 Å². The Kier molecular flexibility index (Phi) is 8.88. The quantitative estimate of drug-likeness (QED) is 0.347. The number of likely N-dealkylation sites (tertiary alicyclic amines) is 1. The van der Waals surface area contributed by atoms with Crippen molar-refractivity contribution in [2.24, 2.45) is 10.4 Å². The molecule has 0 aromatic carbocycles. The second kappa shape index (κ2) is 10.3. The van der Waals surface area contributed by atoms with Crippen LogP contribution in [0.3, 0.4) is 0 Å². The third kappa shape index (κ3) is 5.53. The molecule has 2 saturated heterocycles. The molecule has 8 heteroatoms. The number of aliphatic imine (C=N–C) groups is 1.